The molecular formula is C23H12ClF5N4O2. The average Bonchev–Trinajstić information content (AvgIpc) is 3.38. The van der Waals surface area contributed by atoms with Crippen LogP contribution < -0.4 is 11.1 Å². The van der Waals surface area contributed by atoms with E-state index in [0.29, 0.717) is 6.07 Å². The van der Waals surface area contributed by atoms with Gasteiger partial charge in [-0.2, -0.15) is 13.2 Å². The molecule has 0 aliphatic carbocycles. The molecule has 1 aliphatic rings. The third kappa shape index (κ3) is 3.59. The van der Waals surface area contributed by atoms with Crippen LogP contribution in [-0.2, 0) is 6.18 Å². The zero-order chi connectivity index (χ0) is 25.2. The summed E-state index contributed by atoms with van der Waals surface area (Å²) in [4.78, 5) is 29.3. The van der Waals surface area contributed by atoms with Crippen LogP contribution in [0.3, 0.4) is 0 Å². The van der Waals surface area contributed by atoms with Crippen LogP contribution in [0.5, 0.6) is 0 Å². The number of amides is 2. The van der Waals surface area contributed by atoms with Gasteiger partial charge >= 0.3 is 6.18 Å². The Morgan fingerprint density at radius 3 is 2.57 bits per heavy atom. The van der Waals surface area contributed by atoms with Crippen LogP contribution in [0.25, 0.3) is 16.8 Å². The van der Waals surface area contributed by atoms with Crippen molar-refractivity contribution in [3.05, 3.63) is 93.4 Å². The van der Waals surface area contributed by atoms with Crippen molar-refractivity contribution in [3.63, 3.8) is 0 Å². The highest BCUT2D eigenvalue weighted by Crippen LogP contribution is 2.44. The molecule has 12 heteroatoms. The Labute approximate surface area is 198 Å². The SMILES string of the molecule is NC(=O)c1cc(C(F)(F)F)cc(F)c1-c1cn2ccnc2c2c1C(c1cc(F)ccc1Cl)NC2=O. The van der Waals surface area contributed by atoms with Crippen LogP contribution in [0.4, 0.5) is 22.0 Å². The topological polar surface area (TPSA) is 89.5 Å². The number of carbonyl (C=O) groups excluding carboxylic acids is 2. The van der Waals surface area contributed by atoms with Crippen molar-refractivity contribution in [2.24, 2.45) is 5.73 Å². The summed E-state index contributed by atoms with van der Waals surface area (Å²) in [6.07, 6.45) is -0.858. The van der Waals surface area contributed by atoms with Gasteiger partial charge in [0.1, 0.15) is 17.3 Å². The summed E-state index contributed by atoms with van der Waals surface area (Å²) < 4.78 is 70.7. The number of alkyl halides is 3. The summed E-state index contributed by atoms with van der Waals surface area (Å²) in [5.74, 6) is -4.04. The lowest BCUT2D eigenvalue weighted by Gasteiger charge is -2.20. The quantitative estimate of drug-likeness (QED) is 0.388. The number of halogens is 6. The summed E-state index contributed by atoms with van der Waals surface area (Å²) >= 11 is 6.26. The maximum atomic E-state index is 15.3. The van der Waals surface area contributed by atoms with E-state index in [1.807, 2.05) is 0 Å². The fraction of sp³-hybridized carbons (Fsp3) is 0.0870. The van der Waals surface area contributed by atoms with Gasteiger partial charge in [0.25, 0.3) is 5.91 Å². The highest BCUT2D eigenvalue weighted by Gasteiger charge is 2.39. The zero-order valence-corrected chi connectivity index (χ0v) is 18.0. The fourth-order valence-electron chi connectivity index (χ4n) is 4.28. The van der Waals surface area contributed by atoms with Gasteiger partial charge in [-0.25, -0.2) is 13.8 Å². The maximum Gasteiger partial charge on any atom is 0.416 e. The van der Waals surface area contributed by atoms with Crippen molar-refractivity contribution >= 4 is 29.1 Å². The van der Waals surface area contributed by atoms with E-state index in [2.05, 4.69) is 10.3 Å². The third-order valence-corrected chi connectivity index (χ3v) is 6.08. The molecule has 178 valence electrons. The molecule has 0 saturated heterocycles. The summed E-state index contributed by atoms with van der Waals surface area (Å²) in [7, 11) is 0. The van der Waals surface area contributed by atoms with Gasteiger partial charge in [-0.3, -0.25) is 9.59 Å². The number of fused-ring (bicyclic) bond motifs is 3. The molecule has 6 nitrogen and oxygen atoms in total. The molecule has 3 heterocycles. The van der Waals surface area contributed by atoms with Crippen LogP contribution in [0.2, 0.25) is 5.02 Å². The Bertz CT molecular complexity index is 1560. The van der Waals surface area contributed by atoms with Crippen molar-refractivity contribution in [3.8, 4) is 11.1 Å². The van der Waals surface area contributed by atoms with E-state index < -0.39 is 52.4 Å². The van der Waals surface area contributed by atoms with Crippen molar-refractivity contribution in [2.45, 2.75) is 12.2 Å². The summed E-state index contributed by atoms with van der Waals surface area (Å²) in [6, 6.07) is 2.99. The maximum absolute atomic E-state index is 15.3. The number of nitrogens with zero attached hydrogens (tertiary/aromatic N) is 2. The van der Waals surface area contributed by atoms with Gasteiger partial charge in [0.2, 0.25) is 5.91 Å². The van der Waals surface area contributed by atoms with Gasteiger partial charge in [0, 0.05) is 45.9 Å². The number of carbonyl (C=O) groups is 2. The molecule has 5 rings (SSSR count). The number of imidazole rings is 1. The molecule has 0 bridgehead atoms. The molecule has 0 spiro atoms. The van der Waals surface area contributed by atoms with E-state index in [0.717, 1.165) is 12.1 Å². The zero-order valence-electron chi connectivity index (χ0n) is 17.3. The second-order valence-corrected chi connectivity index (χ2v) is 8.21. The molecular weight excluding hydrogens is 495 g/mol. The Morgan fingerprint density at radius 2 is 1.89 bits per heavy atom. The van der Waals surface area contributed by atoms with Crippen molar-refractivity contribution in [2.75, 3.05) is 0 Å². The molecule has 2 aromatic carbocycles. The summed E-state index contributed by atoms with van der Waals surface area (Å²) in [5, 5.41) is 2.71. The minimum absolute atomic E-state index is 0.0347. The average molecular weight is 507 g/mol. The molecule has 1 aliphatic heterocycles. The number of pyridine rings is 1. The first-order chi connectivity index (χ1) is 16.5. The molecule has 35 heavy (non-hydrogen) atoms. The van der Waals surface area contributed by atoms with E-state index in [-0.39, 0.29) is 39.0 Å². The highest BCUT2D eigenvalue weighted by molar-refractivity contribution is 6.31. The molecule has 3 N–H and O–H groups in total. The minimum atomic E-state index is -4.95. The van der Waals surface area contributed by atoms with E-state index >= 15 is 4.39 Å². The molecule has 0 fully saturated rings. The lowest BCUT2D eigenvalue weighted by molar-refractivity contribution is -0.137. The number of hydrogen-bond donors (Lipinski definition) is 2. The van der Waals surface area contributed by atoms with Crippen molar-refractivity contribution in [1.29, 1.82) is 0 Å². The number of aromatic nitrogens is 2. The lowest BCUT2D eigenvalue weighted by atomic mass is 9.88. The highest BCUT2D eigenvalue weighted by atomic mass is 35.5. The first-order valence-electron chi connectivity index (χ1n) is 9.93. The Balaban J connectivity index is 1.89. The van der Waals surface area contributed by atoms with Crippen LogP contribution in [0.15, 0.2) is 48.9 Å². The number of hydrogen-bond acceptors (Lipinski definition) is 3. The number of nitrogens with one attached hydrogen (secondary N) is 1. The fourth-order valence-corrected chi connectivity index (χ4v) is 4.51. The van der Waals surface area contributed by atoms with Gasteiger partial charge in [0.15, 0.2) is 0 Å². The lowest BCUT2D eigenvalue weighted by Crippen LogP contribution is -2.21. The van der Waals surface area contributed by atoms with E-state index in [1.165, 1.54) is 29.1 Å². The third-order valence-electron chi connectivity index (χ3n) is 5.73. The van der Waals surface area contributed by atoms with Gasteiger partial charge in [-0.05, 0) is 30.3 Å². The predicted molar refractivity (Wildman–Crippen MR) is 115 cm³/mol. The normalized spacial score (nSPS) is 15.4. The molecule has 0 radical (unpaired) electrons. The number of rotatable bonds is 3. The Hall–Kier alpha value is -3.99. The van der Waals surface area contributed by atoms with Crippen molar-refractivity contribution in [1.82, 2.24) is 14.7 Å². The Kier molecular flexibility index (Phi) is 5.06. The smallest absolute Gasteiger partial charge is 0.366 e. The standard InChI is InChI=1S/C23H12ClF5N4O2/c24-14-2-1-10(25)7-11(14)19-17-13(8-33-4-3-31-21(33)18(17)22(35)32-19)16-12(20(30)34)5-9(6-15(16)26)23(27,28)29/h1-8,19H,(H2,30,34)(H,32,35). The first kappa shape index (κ1) is 22.8. The minimum Gasteiger partial charge on any atom is -0.366 e. The predicted octanol–water partition coefficient (Wildman–Crippen LogP) is 4.88. The van der Waals surface area contributed by atoms with Crippen LogP contribution in [0, 0.1) is 11.6 Å². The molecule has 4 aromatic rings. The summed E-state index contributed by atoms with van der Waals surface area (Å²) in [5.41, 5.74) is 2.81. The number of primary amides is 1. The Morgan fingerprint density at radius 1 is 1.14 bits per heavy atom. The number of benzene rings is 2. The van der Waals surface area contributed by atoms with Crippen LogP contribution in [0.1, 0.15) is 43.4 Å². The molecule has 0 saturated carbocycles. The van der Waals surface area contributed by atoms with E-state index in [4.69, 9.17) is 17.3 Å². The number of nitrogens with two attached hydrogens (primary N) is 1. The molecule has 2 amide bonds. The molecule has 1 unspecified atom stereocenters. The molecule has 1 atom stereocenters. The van der Waals surface area contributed by atoms with Gasteiger partial charge in [-0.15, -0.1) is 0 Å². The second kappa shape index (κ2) is 7.77. The summed E-state index contributed by atoms with van der Waals surface area (Å²) in [6.45, 7) is 0. The van der Waals surface area contributed by atoms with Crippen LogP contribution >= 0.6 is 11.6 Å². The van der Waals surface area contributed by atoms with Crippen molar-refractivity contribution < 1.29 is 31.5 Å². The second-order valence-electron chi connectivity index (χ2n) is 7.80. The van der Waals surface area contributed by atoms with Gasteiger partial charge in [0.05, 0.1) is 22.7 Å². The van der Waals surface area contributed by atoms with Gasteiger partial charge in [-0.1, -0.05) is 11.6 Å². The van der Waals surface area contributed by atoms with E-state index in [1.54, 1.807) is 0 Å². The van der Waals surface area contributed by atoms with Crippen LogP contribution in [-0.4, -0.2) is 21.2 Å². The molecule has 2 aromatic heterocycles. The monoisotopic (exact) mass is 506 g/mol. The van der Waals surface area contributed by atoms with Gasteiger partial charge < -0.3 is 15.5 Å². The first-order valence-corrected chi connectivity index (χ1v) is 10.3. The largest absolute Gasteiger partial charge is 0.416 e. The van der Waals surface area contributed by atoms with E-state index in [9.17, 15) is 27.2 Å².